The summed E-state index contributed by atoms with van der Waals surface area (Å²) in [4.78, 5) is 24.8. The Morgan fingerprint density at radius 2 is 1.87 bits per heavy atom. The van der Waals surface area contributed by atoms with Crippen LogP contribution in [0.25, 0.3) is 11.1 Å². The van der Waals surface area contributed by atoms with E-state index in [2.05, 4.69) is 0 Å². The molecule has 0 aliphatic carbocycles. The fraction of sp³-hybridized carbons (Fsp3) is 0.250. The summed E-state index contributed by atoms with van der Waals surface area (Å²) in [7, 11) is 1.65. The Labute approximate surface area is 184 Å². The predicted molar refractivity (Wildman–Crippen MR) is 115 cm³/mol. The number of hydrogen-bond donors (Lipinski definition) is 0. The normalized spacial score (nSPS) is 17.4. The maximum atomic E-state index is 14.3. The molecular formula is C24H21ClFNO4. The van der Waals surface area contributed by atoms with Crippen molar-refractivity contribution in [1.82, 2.24) is 4.57 Å². The average Bonchev–Trinajstić information content (AvgIpc) is 2.85. The van der Waals surface area contributed by atoms with Gasteiger partial charge in [-0.15, -0.1) is 0 Å². The van der Waals surface area contributed by atoms with Crippen LogP contribution in [0.4, 0.5) is 4.39 Å². The summed E-state index contributed by atoms with van der Waals surface area (Å²) in [5.41, 5.74) is 3.14. The number of aromatic nitrogens is 1. The number of halogens is 2. The number of esters is 1. The van der Waals surface area contributed by atoms with Gasteiger partial charge in [0.1, 0.15) is 11.9 Å². The molecule has 2 heterocycles. The van der Waals surface area contributed by atoms with Crippen LogP contribution in [0, 0.1) is 5.82 Å². The summed E-state index contributed by atoms with van der Waals surface area (Å²) >= 11 is 6.05. The van der Waals surface area contributed by atoms with Gasteiger partial charge in [-0.2, -0.15) is 0 Å². The Bertz CT molecular complexity index is 1190. The van der Waals surface area contributed by atoms with E-state index in [1.54, 1.807) is 50.5 Å². The van der Waals surface area contributed by atoms with Gasteiger partial charge in [0.15, 0.2) is 0 Å². The molecule has 0 fully saturated rings. The first-order chi connectivity index (χ1) is 14.9. The van der Waals surface area contributed by atoms with E-state index in [1.807, 2.05) is 0 Å². The number of aryl methyl sites for hydroxylation is 1. The van der Waals surface area contributed by atoms with Crippen LogP contribution in [-0.4, -0.2) is 17.1 Å². The molecule has 2 unspecified atom stereocenters. The Balaban J connectivity index is 1.94. The standard InChI is InChI=1S/C24H21ClFNO4/c1-3-30-23(29)12-21-18-11-22(28)27(2)13-20(18)17-9-8-16(26)10-19(17)24(31-21)14-4-6-15(25)7-5-14/h4-11,13,21,24H,3,12H2,1-2H3. The Kier molecular flexibility index (Phi) is 5.94. The summed E-state index contributed by atoms with van der Waals surface area (Å²) in [6.45, 7) is 1.96. The van der Waals surface area contributed by atoms with Crippen molar-refractivity contribution in [2.24, 2.45) is 7.05 Å². The van der Waals surface area contributed by atoms with E-state index in [9.17, 15) is 14.0 Å². The van der Waals surface area contributed by atoms with Gasteiger partial charge < -0.3 is 14.0 Å². The number of carbonyl (C=O) groups is 1. The van der Waals surface area contributed by atoms with Crippen molar-refractivity contribution in [3.8, 4) is 11.1 Å². The first-order valence-corrected chi connectivity index (χ1v) is 10.3. The lowest BCUT2D eigenvalue weighted by molar-refractivity contribution is -0.147. The molecular weight excluding hydrogens is 421 g/mol. The molecule has 1 aliphatic heterocycles. The largest absolute Gasteiger partial charge is 0.466 e. The van der Waals surface area contributed by atoms with Crippen molar-refractivity contribution in [3.63, 3.8) is 0 Å². The van der Waals surface area contributed by atoms with Crippen molar-refractivity contribution in [2.45, 2.75) is 25.6 Å². The molecule has 0 amide bonds. The fourth-order valence-electron chi connectivity index (χ4n) is 3.87. The van der Waals surface area contributed by atoms with Gasteiger partial charge >= 0.3 is 5.97 Å². The summed E-state index contributed by atoms with van der Waals surface area (Å²) < 4.78 is 27.3. The van der Waals surface area contributed by atoms with Gasteiger partial charge in [0.2, 0.25) is 0 Å². The second kappa shape index (κ2) is 8.65. The van der Waals surface area contributed by atoms with Gasteiger partial charge in [-0.3, -0.25) is 9.59 Å². The minimum absolute atomic E-state index is 0.0748. The smallest absolute Gasteiger partial charge is 0.308 e. The van der Waals surface area contributed by atoms with E-state index in [0.29, 0.717) is 21.7 Å². The topological polar surface area (TPSA) is 57.5 Å². The average molecular weight is 442 g/mol. The van der Waals surface area contributed by atoms with Crippen LogP contribution in [0.2, 0.25) is 5.02 Å². The van der Waals surface area contributed by atoms with Crippen LogP contribution < -0.4 is 5.56 Å². The maximum Gasteiger partial charge on any atom is 0.308 e. The second-order valence-corrected chi connectivity index (χ2v) is 7.83. The van der Waals surface area contributed by atoms with Gasteiger partial charge in [0.05, 0.1) is 19.1 Å². The molecule has 1 aliphatic rings. The third-order valence-electron chi connectivity index (χ3n) is 5.32. The van der Waals surface area contributed by atoms with Gasteiger partial charge in [0.25, 0.3) is 5.56 Å². The number of fused-ring (bicyclic) bond motifs is 3. The molecule has 0 saturated carbocycles. The van der Waals surface area contributed by atoms with E-state index in [1.165, 1.54) is 22.8 Å². The lowest BCUT2D eigenvalue weighted by atomic mass is 9.91. The number of nitrogens with zero attached hydrogens (tertiary/aromatic N) is 1. The molecule has 31 heavy (non-hydrogen) atoms. The van der Waals surface area contributed by atoms with Crippen molar-refractivity contribution in [3.05, 3.63) is 92.6 Å². The van der Waals surface area contributed by atoms with Crippen molar-refractivity contribution in [2.75, 3.05) is 6.61 Å². The third-order valence-corrected chi connectivity index (χ3v) is 5.58. The van der Waals surface area contributed by atoms with Gasteiger partial charge in [0, 0.05) is 29.9 Å². The Morgan fingerprint density at radius 1 is 1.13 bits per heavy atom. The number of pyridine rings is 1. The highest BCUT2D eigenvalue weighted by Crippen LogP contribution is 2.45. The predicted octanol–water partition coefficient (Wildman–Crippen LogP) is 4.96. The zero-order valence-corrected chi connectivity index (χ0v) is 17.9. The van der Waals surface area contributed by atoms with Crippen molar-refractivity contribution >= 4 is 17.6 Å². The summed E-state index contributed by atoms with van der Waals surface area (Å²) in [6, 6.07) is 13.0. The molecule has 4 rings (SSSR count). The number of benzene rings is 2. The second-order valence-electron chi connectivity index (χ2n) is 7.39. The first kappa shape index (κ1) is 21.3. The molecule has 0 saturated heterocycles. The van der Waals surface area contributed by atoms with Gasteiger partial charge in [-0.25, -0.2) is 4.39 Å². The third kappa shape index (κ3) is 4.27. The minimum atomic E-state index is -0.751. The molecule has 7 heteroatoms. The minimum Gasteiger partial charge on any atom is -0.466 e. The highest BCUT2D eigenvalue weighted by molar-refractivity contribution is 6.30. The quantitative estimate of drug-likeness (QED) is 0.537. The van der Waals surface area contributed by atoms with E-state index >= 15 is 0 Å². The van der Waals surface area contributed by atoms with Crippen LogP contribution in [-0.2, 0) is 21.3 Å². The van der Waals surface area contributed by atoms with Crippen molar-refractivity contribution < 1.29 is 18.7 Å². The molecule has 1 aromatic heterocycles. The lowest BCUT2D eigenvalue weighted by Crippen LogP contribution is -2.20. The molecule has 0 spiro atoms. The van der Waals surface area contributed by atoms with Crippen LogP contribution in [0.15, 0.2) is 59.5 Å². The summed E-state index contributed by atoms with van der Waals surface area (Å²) in [5, 5.41) is 0.561. The number of rotatable bonds is 4. The SMILES string of the molecule is CCOC(=O)CC1OC(c2ccc(Cl)cc2)c2cc(F)ccc2-c2cn(C)c(=O)cc21. The number of ether oxygens (including phenoxy) is 2. The molecule has 0 bridgehead atoms. The van der Waals surface area contributed by atoms with Crippen molar-refractivity contribution in [1.29, 1.82) is 0 Å². The molecule has 160 valence electrons. The molecule has 5 nitrogen and oxygen atoms in total. The number of carbonyl (C=O) groups excluding carboxylic acids is 1. The highest BCUT2D eigenvalue weighted by Gasteiger charge is 2.33. The maximum absolute atomic E-state index is 14.3. The Morgan fingerprint density at radius 3 is 2.58 bits per heavy atom. The van der Waals surface area contributed by atoms with E-state index < -0.39 is 24.0 Å². The fourth-order valence-corrected chi connectivity index (χ4v) is 3.99. The summed E-state index contributed by atoms with van der Waals surface area (Å²) in [6.07, 6.45) is 0.198. The van der Waals surface area contributed by atoms with E-state index in [0.717, 1.165) is 11.1 Å². The molecule has 0 radical (unpaired) electrons. The van der Waals surface area contributed by atoms with E-state index in [-0.39, 0.29) is 18.6 Å². The van der Waals surface area contributed by atoms with Gasteiger partial charge in [-0.05, 0) is 53.4 Å². The van der Waals surface area contributed by atoms with Crippen LogP contribution in [0.5, 0.6) is 0 Å². The number of hydrogen-bond acceptors (Lipinski definition) is 4. The summed E-state index contributed by atoms with van der Waals surface area (Å²) in [5.74, 6) is -0.845. The lowest BCUT2D eigenvalue weighted by Gasteiger charge is -2.24. The van der Waals surface area contributed by atoms with Crippen LogP contribution in [0.1, 0.15) is 42.2 Å². The monoisotopic (exact) mass is 441 g/mol. The molecule has 0 N–H and O–H groups in total. The zero-order valence-electron chi connectivity index (χ0n) is 17.1. The van der Waals surface area contributed by atoms with E-state index in [4.69, 9.17) is 21.1 Å². The molecule has 2 atom stereocenters. The zero-order chi connectivity index (χ0) is 22.1. The molecule has 3 aromatic rings. The van der Waals surface area contributed by atoms with Gasteiger partial charge in [-0.1, -0.05) is 29.8 Å². The highest BCUT2D eigenvalue weighted by atomic mass is 35.5. The van der Waals surface area contributed by atoms with Crippen LogP contribution >= 0.6 is 11.6 Å². The van der Waals surface area contributed by atoms with Crippen LogP contribution in [0.3, 0.4) is 0 Å². The molecule has 2 aromatic carbocycles. The Hall–Kier alpha value is -2.96. The first-order valence-electron chi connectivity index (χ1n) is 9.94.